The van der Waals surface area contributed by atoms with Crippen molar-refractivity contribution in [2.24, 2.45) is 11.3 Å². The summed E-state index contributed by atoms with van der Waals surface area (Å²) in [7, 11) is 0. The fraction of sp³-hybridized carbons (Fsp3) is 0.941. The lowest BCUT2D eigenvalue weighted by atomic mass is 9.81. The number of hydrogen-bond donors (Lipinski definition) is 0. The number of alkyl halides is 1. The maximum absolute atomic E-state index is 12.0. The summed E-state index contributed by atoms with van der Waals surface area (Å²) in [5.41, 5.74) is 0.424. The molecule has 2 fully saturated rings. The smallest absolute Gasteiger partial charge is 0.310 e. The minimum atomic E-state index is 0.0101. The van der Waals surface area contributed by atoms with E-state index in [2.05, 4.69) is 20.8 Å². The van der Waals surface area contributed by atoms with E-state index in [0.717, 1.165) is 37.8 Å². The lowest BCUT2D eigenvalue weighted by Gasteiger charge is -2.40. The molecule has 2 rings (SSSR count). The van der Waals surface area contributed by atoms with Gasteiger partial charge in [0.2, 0.25) is 0 Å². The van der Waals surface area contributed by atoms with E-state index >= 15 is 0 Å². The number of carbonyl (C=O) groups is 1. The highest BCUT2D eigenvalue weighted by molar-refractivity contribution is 9.09. The predicted molar refractivity (Wildman–Crippen MR) is 89.7 cm³/mol. The Balaban J connectivity index is 1.92. The van der Waals surface area contributed by atoms with Crippen molar-refractivity contribution in [2.45, 2.75) is 58.3 Å². The van der Waals surface area contributed by atoms with Gasteiger partial charge in [0.25, 0.3) is 0 Å². The van der Waals surface area contributed by atoms with Gasteiger partial charge in [0.05, 0.1) is 12.5 Å². The average molecular weight is 360 g/mol. The third kappa shape index (κ3) is 4.95. The molecule has 1 atom stereocenters. The van der Waals surface area contributed by atoms with Crippen LogP contribution in [0.4, 0.5) is 0 Å². The third-order valence-corrected chi connectivity index (χ3v) is 6.32. The molecule has 122 valence electrons. The summed E-state index contributed by atoms with van der Waals surface area (Å²) in [6.45, 7) is 5.58. The Morgan fingerprint density at radius 2 is 1.95 bits per heavy atom. The zero-order valence-corrected chi connectivity index (χ0v) is 15.0. The first kappa shape index (κ1) is 17.3. The van der Waals surface area contributed by atoms with Crippen molar-refractivity contribution in [3.8, 4) is 0 Å². The van der Waals surface area contributed by atoms with Crippen molar-refractivity contribution < 1.29 is 9.53 Å². The highest BCUT2D eigenvalue weighted by Gasteiger charge is 2.35. The minimum absolute atomic E-state index is 0.0101. The Kier molecular flexibility index (Phi) is 7.00. The van der Waals surface area contributed by atoms with E-state index in [-0.39, 0.29) is 11.9 Å². The lowest BCUT2D eigenvalue weighted by Crippen LogP contribution is -2.45. The maximum atomic E-state index is 12.0. The van der Waals surface area contributed by atoms with Crippen LogP contribution in [0.1, 0.15) is 58.3 Å². The van der Waals surface area contributed by atoms with Gasteiger partial charge >= 0.3 is 5.97 Å². The summed E-state index contributed by atoms with van der Waals surface area (Å²) in [5, 5.41) is 1.10. The molecule has 2 aliphatic rings. The fourth-order valence-electron chi connectivity index (χ4n) is 3.94. The van der Waals surface area contributed by atoms with Crippen LogP contribution in [0.25, 0.3) is 0 Å². The number of halogens is 1. The van der Waals surface area contributed by atoms with Gasteiger partial charge in [0, 0.05) is 18.4 Å². The molecule has 0 spiro atoms. The molecule has 1 saturated carbocycles. The van der Waals surface area contributed by atoms with Gasteiger partial charge in [-0.25, -0.2) is 0 Å². The zero-order chi connectivity index (χ0) is 15.1. The second-order valence-corrected chi connectivity index (χ2v) is 7.43. The first-order valence-corrected chi connectivity index (χ1v) is 9.76. The van der Waals surface area contributed by atoms with Gasteiger partial charge in [0.15, 0.2) is 0 Å². The van der Waals surface area contributed by atoms with Crippen molar-refractivity contribution >= 4 is 21.9 Å². The molecule has 0 aromatic carbocycles. The number of carbonyl (C=O) groups excluding carboxylic acids is 1. The number of esters is 1. The van der Waals surface area contributed by atoms with Crippen molar-refractivity contribution in [3.05, 3.63) is 0 Å². The van der Waals surface area contributed by atoms with Crippen LogP contribution in [0.5, 0.6) is 0 Å². The molecule has 0 aromatic heterocycles. The largest absolute Gasteiger partial charge is 0.466 e. The van der Waals surface area contributed by atoms with Gasteiger partial charge in [-0.1, -0.05) is 41.6 Å². The van der Waals surface area contributed by atoms with Crippen LogP contribution in [0.15, 0.2) is 0 Å². The predicted octanol–water partition coefficient (Wildman–Crippen LogP) is 4.00. The summed E-state index contributed by atoms with van der Waals surface area (Å²) >= 11 is 3.78. The molecule has 1 aliphatic carbocycles. The maximum Gasteiger partial charge on any atom is 0.310 e. The third-order valence-electron chi connectivity index (χ3n) is 5.13. The normalized spacial score (nSPS) is 27.0. The first-order chi connectivity index (χ1) is 10.2. The molecule has 1 saturated heterocycles. The Hall–Kier alpha value is -0.0900. The molecule has 1 aliphatic heterocycles. The molecule has 0 radical (unpaired) electrons. The highest BCUT2D eigenvalue weighted by Crippen LogP contribution is 2.38. The molecule has 0 N–H and O–H groups in total. The molecular formula is C17H30BrNO2. The summed E-state index contributed by atoms with van der Waals surface area (Å²) in [6, 6.07) is 0. The van der Waals surface area contributed by atoms with Crippen LogP contribution >= 0.6 is 15.9 Å². The second-order valence-electron chi connectivity index (χ2n) is 6.87. The van der Waals surface area contributed by atoms with Gasteiger partial charge in [-0.2, -0.15) is 0 Å². The molecule has 1 unspecified atom stereocenters. The Morgan fingerprint density at radius 1 is 1.24 bits per heavy atom. The van der Waals surface area contributed by atoms with E-state index in [9.17, 15) is 4.79 Å². The second kappa shape index (κ2) is 8.52. The van der Waals surface area contributed by atoms with E-state index in [0.29, 0.717) is 12.0 Å². The topological polar surface area (TPSA) is 29.5 Å². The van der Waals surface area contributed by atoms with Crippen molar-refractivity contribution in [1.82, 2.24) is 4.90 Å². The number of likely N-dealkylation sites (tertiary alicyclic amines) is 1. The Labute approximate surface area is 137 Å². The first-order valence-electron chi connectivity index (χ1n) is 8.64. The van der Waals surface area contributed by atoms with Crippen molar-refractivity contribution in [2.75, 3.05) is 31.6 Å². The van der Waals surface area contributed by atoms with Gasteiger partial charge in [0.1, 0.15) is 0 Å². The Bertz CT molecular complexity index is 327. The number of hydrogen-bond acceptors (Lipinski definition) is 3. The van der Waals surface area contributed by atoms with Crippen LogP contribution in [0, 0.1) is 11.3 Å². The zero-order valence-electron chi connectivity index (χ0n) is 13.4. The summed E-state index contributed by atoms with van der Waals surface area (Å²) in [5.74, 6) is 0.104. The van der Waals surface area contributed by atoms with Gasteiger partial charge < -0.3 is 9.64 Å². The van der Waals surface area contributed by atoms with E-state index in [1.807, 2.05) is 6.92 Å². The van der Waals surface area contributed by atoms with E-state index in [4.69, 9.17) is 4.74 Å². The molecule has 3 nitrogen and oxygen atoms in total. The summed E-state index contributed by atoms with van der Waals surface area (Å²) in [6.07, 6.45) is 10.3. The SMILES string of the molecule is CCOC(=O)C1CCCN(CC2(CBr)CCCCCC2)C1. The van der Waals surface area contributed by atoms with Crippen LogP contribution in [0.3, 0.4) is 0 Å². The minimum Gasteiger partial charge on any atom is -0.466 e. The van der Waals surface area contributed by atoms with Crippen LogP contribution in [0.2, 0.25) is 0 Å². The Morgan fingerprint density at radius 3 is 2.57 bits per heavy atom. The van der Waals surface area contributed by atoms with E-state index in [1.54, 1.807) is 0 Å². The fourth-order valence-corrected chi connectivity index (χ4v) is 4.68. The standard InChI is InChI=1S/C17H30BrNO2/c1-2-21-16(20)15-8-7-11-19(12-15)14-17(13-18)9-5-3-4-6-10-17/h15H,2-14H2,1H3. The van der Waals surface area contributed by atoms with E-state index < -0.39 is 0 Å². The average Bonchev–Trinajstić information content (AvgIpc) is 2.74. The van der Waals surface area contributed by atoms with Gasteiger partial charge in [-0.15, -0.1) is 0 Å². The van der Waals surface area contributed by atoms with E-state index in [1.165, 1.54) is 38.5 Å². The molecule has 0 aromatic rings. The number of rotatable bonds is 5. The van der Waals surface area contributed by atoms with Crippen LogP contribution < -0.4 is 0 Å². The van der Waals surface area contributed by atoms with Crippen molar-refractivity contribution in [1.29, 1.82) is 0 Å². The number of piperidine rings is 1. The molecule has 1 heterocycles. The monoisotopic (exact) mass is 359 g/mol. The van der Waals surface area contributed by atoms with Gasteiger partial charge in [-0.3, -0.25) is 4.79 Å². The van der Waals surface area contributed by atoms with Crippen molar-refractivity contribution in [3.63, 3.8) is 0 Å². The highest BCUT2D eigenvalue weighted by atomic mass is 79.9. The quantitative estimate of drug-likeness (QED) is 0.422. The number of ether oxygens (including phenoxy) is 1. The van der Waals surface area contributed by atoms with Crippen LogP contribution in [-0.4, -0.2) is 42.4 Å². The molecule has 4 heteroatoms. The molecule has 21 heavy (non-hydrogen) atoms. The van der Waals surface area contributed by atoms with Crippen LogP contribution in [-0.2, 0) is 9.53 Å². The molecule has 0 amide bonds. The summed E-state index contributed by atoms with van der Waals surface area (Å²) in [4.78, 5) is 14.5. The molecule has 0 bridgehead atoms. The molecular weight excluding hydrogens is 330 g/mol. The number of nitrogens with zero attached hydrogens (tertiary/aromatic N) is 1. The summed E-state index contributed by atoms with van der Waals surface area (Å²) < 4.78 is 5.22. The van der Waals surface area contributed by atoms with Gasteiger partial charge in [-0.05, 0) is 44.6 Å². The lowest BCUT2D eigenvalue weighted by molar-refractivity contribution is -0.150.